The van der Waals surface area contributed by atoms with Gasteiger partial charge in [0.05, 0.1) is 24.7 Å². The zero-order valence-electron chi connectivity index (χ0n) is 22.6. The molecule has 0 unspecified atom stereocenters. The Morgan fingerprint density at radius 2 is 1.90 bits per heavy atom. The van der Waals surface area contributed by atoms with Crippen LogP contribution in [0.3, 0.4) is 0 Å². The summed E-state index contributed by atoms with van der Waals surface area (Å²) >= 11 is 6.39. The van der Waals surface area contributed by atoms with E-state index in [-0.39, 0.29) is 33.8 Å². The molecule has 39 heavy (non-hydrogen) atoms. The molecule has 1 saturated heterocycles. The van der Waals surface area contributed by atoms with Gasteiger partial charge in [0.1, 0.15) is 27.5 Å². The van der Waals surface area contributed by atoms with Crippen LogP contribution in [0, 0.1) is 0 Å². The van der Waals surface area contributed by atoms with Gasteiger partial charge < -0.3 is 25.0 Å². The Labute approximate surface area is 235 Å². The zero-order chi connectivity index (χ0) is 28.0. The van der Waals surface area contributed by atoms with Crippen molar-refractivity contribution in [2.75, 3.05) is 37.9 Å². The lowest BCUT2D eigenvalue weighted by atomic mass is 10.2. The van der Waals surface area contributed by atoms with E-state index in [0.29, 0.717) is 30.0 Å². The lowest BCUT2D eigenvalue weighted by Crippen LogP contribution is -2.34. The van der Waals surface area contributed by atoms with E-state index in [1.54, 1.807) is 31.4 Å². The number of sulfonamides is 1. The average molecular weight is 575 g/mol. The molecule has 1 atom stereocenters. The highest BCUT2D eigenvalue weighted by Gasteiger charge is 2.23. The molecule has 10 nitrogen and oxygen atoms in total. The Morgan fingerprint density at radius 1 is 1.13 bits per heavy atom. The average Bonchev–Trinajstić information content (AvgIpc) is 3.34. The number of anilines is 4. The van der Waals surface area contributed by atoms with Crippen molar-refractivity contribution in [3.63, 3.8) is 0 Å². The fourth-order valence-corrected chi connectivity index (χ4v) is 6.04. The molecule has 0 amide bonds. The Morgan fingerprint density at radius 3 is 2.59 bits per heavy atom. The fraction of sp³-hybridized carbons (Fsp3) is 0.407. The third kappa shape index (κ3) is 7.30. The van der Waals surface area contributed by atoms with E-state index in [1.807, 2.05) is 32.0 Å². The Balaban J connectivity index is 1.54. The molecule has 0 radical (unpaired) electrons. The number of hydrogen-bond donors (Lipinski definition) is 3. The number of ether oxygens (including phenoxy) is 2. The number of benzene rings is 2. The normalized spacial score (nSPS) is 15.9. The molecule has 12 heteroatoms. The largest absolute Gasteiger partial charge is 0.494 e. The number of hydrogen-bond acceptors (Lipinski definition) is 9. The summed E-state index contributed by atoms with van der Waals surface area (Å²) < 4.78 is 40.7. The van der Waals surface area contributed by atoms with Crippen LogP contribution in [0.1, 0.15) is 33.1 Å². The summed E-state index contributed by atoms with van der Waals surface area (Å²) in [6.07, 6.45) is 3.94. The molecule has 2 aromatic carbocycles. The molecule has 4 rings (SSSR count). The first-order chi connectivity index (χ1) is 18.7. The fourth-order valence-electron chi connectivity index (χ4n) is 4.34. The van der Waals surface area contributed by atoms with E-state index in [4.69, 9.17) is 21.1 Å². The van der Waals surface area contributed by atoms with Crippen LogP contribution in [-0.2, 0) is 10.0 Å². The van der Waals surface area contributed by atoms with E-state index >= 15 is 0 Å². The molecule has 1 aliphatic rings. The number of likely N-dealkylation sites (N-methyl/N-ethyl adjacent to an activating group) is 1. The van der Waals surface area contributed by atoms with Gasteiger partial charge in [0.15, 0.2) is 5.82 Å². The summed E-state index contributed by atoms with van der Waals surface area (Å²) in [5.41, 5.74) is 0.984. The summed E-state index contributed by atoms with van der Waals surface area (Å²) in [4.78, 5) is 11.1. The Hall–Kier alpha value is -3.12. The van der Waals surface area contributed by atoms with Gasteiger partial charge in [-0.2, -0.15) is 4.98 Å². The van der Waals surface area contributed by atoms with E-state index in [0.717, 1.165) is 25.3 Å². The minimum absolute atomic E-state index is 0.104. The number of halogens is 1. The van der Waals surface area contributed by atoms with Gasteiger partial charge in [-0.15, -0.1) is 0 Å². The Bertz CT molecular complexity index is 1390. The van der Waals surface area contributed by atoms with Crippen molar-refractivity contribution >= 4 is 44.8 Å². The third-order valence-corrected chi connectivity index (χ3v) is 8.41. The molecule has 210 valence electrons. The number of methoxy groups -OCH3 is 1. The molecule has 0 spiro atoms. The second-order valence-corrected chi connectivity index (χ2v) is 11.5. The second-order valence-electron chi connectivity index (χ2n) is 9.42. The number of nitrogens with zero attached hydrogens (tertiary/aromatic N) is 3. The summed E-state index contributed by atoms with van der Waals surface area (Å²) in [6, 6.07) is 12.0. The first-order valence-corrected chi connectivity index (χ1v) is 14.8. The van der Waals surface area contributed by atoms with Crippen molar-refractivity contribution in [1.29, 1.82) is 0 Å². The van der Waals surface area contributed by atoms with Crippen molar-refractivity contribution < 1.29 is 17.9 Å². The predicted octanol–water partition coefficient (Wildman–Crippen LogP) is 5.18. The van der Waals surface area contributed by atoms with Gasteiger partial charge in [-0.05, 0) is 50.6 Å². The smallest absolute Gasteiger partial charge is 0.242 e. The van der Waals surface area contributed by atoms with Crippen molar-refractivity contribution in [2.45, 2.75) is 50.2 Å². The Kier molecular flexibility index (Phi) is 9.49. The molecule has 1 fully saturated rings. The third-order valence-electron chi connectivity index (χ3n) is 6.55. The van der Waals surface area contributed by atoms with Gasteiger partial charge in [-0.25, -0.2) is 18.1 Å². The maximum absolute atomic E-state index is 13.1. The van der Waals surface area contributed by atoms with Crippen LogP contribution in [0.15, 0.2) is 53.6 Å². The monoisotopic (exact) mass is 574 g/mol. The number of nitrogens with one attached hydrogen (secondary N) is 3. The molecule has 0 saturated carbocycles. The van der Waals surface area contributed by atoms with Gasteiger partial charge in [0.2, 0.25) is 16.0 Å². The van der Waals surface area contributed by atoms with Crippen molar-refractivity contribution in [3.05, 3.63) is 53.7 Å². The molecule has 3 aromatic rings. The standard InChI is InChI=1S/C27H35ClN6O4S/c1-5-18(6-2)33-39(35,36)25-10-8-7-9-23(25)30-26-21(28)16-29-27(32-26)31-22-12-11-19(15-24(22)37-4)38-20-13-14-34(3)17-20/h7-12,15-16,18,20,33H,5-6,13-14,17H2,1-4H3,(H2,29,30,31,32)/t20-/m1/s1. The highest BCUT2D eigenvalue weighted by atomic mass is 35.5. The highest BCUT2D eigenvalue weighted by molar-refractivity contribution is 7.89. The van der Waals surface area contributed by atoms with Gasteiger partial charge in [0.25, 0.3) is 0 Å². The second kappa shape index (κ2) is 12.8. The molecule has 1 aromatic heterocycles. The van der Waals surface area contributed by atoms with Gasteiger partial charge in [-0.1, -0.05) is 37.6 Å². The quantitative estimate of drug-likeness (QED) is 0.269. The molecule has 3 N–H and O–H groups in total. The van der Waals surface area contributed by atoms with E-state index in [1.165, 1.54) is 6.20 Å². The van der Waals surface area contributed by atoms with Crippen LogP contribution >= 0.6 is 11.6 Å². The van der Waals surface area contributed by atoms with Crippen LogP contribution in [0.25, 0.3) is 0 Å². The minimum Gasteiger partial charge on any atom is -0.494 e. The summed E-state index contributed by atoms with van der Waals surface area (Å²) in [7, 11) is -0.119. The van der Waals surface area contributed by atoms with Crippen LogP contribution in [0.4, 0.5) is 23.1 Å². The molecule has 0 aliphatic carbocycles. The first kappa shape index (κ1) is 28.9. The maximum atomic E-state index is 13.1. The number of aromatic nitrogens is 2. The molecule has 0 bridgehead atoms. The topological polar surface area (TPSA) is 118 Å². The number of likely N-dealkylation sites (tertiary alicyclic amines) is 1. The van der Waals surface area contributed by atoms with Crippen molar-refractivity contribution in [2.24, 2.45) is 0 Å². The van der Waals surface area contributed by atoms with E-state index in [2.05, 4.69) is 37.3 Å². The molecular formula is C27H35ClN6O4S. The van der Waals surface area contributed by atoms with Crippen molar-refractivity contribution in [3.8, 4) is 11.5 Å². The molecule has 1 aliphatic heterocycles. The SMILES string of the molecule is CCC(CC)NS(=O)(=O)c1ccccc1Nc1nc(Nc2ccc(O[C@@H]3CCN(C)C3)cc2OC)ncc1Cl. The van der Waals surface area contributed by atoms with Crippen LogP contribution in [-0.4, -0.2) is 62.7 Å². The zero-order valence-corrected chi connectivity index (χ0v) is 24.1. The van der Waals surface area contributed by atoms with Gasteiger partial charge >= 0.3 is 0 Å². The summed E-state index contributed by atoms with van der Waals surface area (Å²) in [6.45, 7) is 5.78. The molecule has 2 heterocycles. The number of para-hydroxylation sites is 1. The lowest BCUT2D eigenvalue weighted by Gasteiger charge is -2.18. The summed E-state index contributed by atoms with van der Waals surface area (Å²) in [5, 5.41) is 6.45. The predicted molar refractivity (Wildman–Crippen MR) is 154 cm³/mol. The lowest BCUT2D eigenvalue weighted by molar-refractivity contribution is 0.207. The molecular weight excluding hydrogens is 540 g/mol. The summed E-state index contributed by atoms with van der Waals surface area (Å²) in [5.74, 6) is 1.79. The number of rotatable bonds is 12. The van der Waals surface area contributed by atoms with Crippen molar-refractivity contribution in [1.82, 2.24) is 19.6 Å². The van der Waals surface area contributed by atoms with Gasteiger partial charge in [0, 0.05) is 25.2 Å². The first-order valence-electron chi connectivity index (χ1n) is 12.9. The maximum Gasteiger partial charge on any atom is 0.242 e. The van der Waals surface area contributed by atoms with E-state index < -0.39 is 10.0 Å². The van der Waals surface area contributed by atoms with E-state index in [9.17, 15) is 8.42 Å². The van der Waals surface area contributed by atoms with Crippen LogP contribution in [0.5, 0.6) is 11.5 Å². The van der Waals surface area contributed by atoms with Crippen LogP contribution < -0.4 is 24.8 Å². The van der Waals surface area contributed by atoms with Crippen LogP contribution in [0.2, 0.25) is 5.02 Å². The minimum atomic E-state index is -3.78. The highest BCUT2D eigenvalue weighted by Crippen LogP contribution is 2.33. The van der Waals surface area contributed by atoms with Gasteiger partial charge in [-0.3, -0.25) is 0 Å².